The molecule has 0 fully saturated rings. The number of allylic oxidation sites excluding steroid dienone is 1. The third-order valence-corrected chi connectivity index (χ3v) is 5.49. The Balaban J connectivity index is 1.92. The predicted octanol–water partition coefficient (Wildman–Crippen LogP) is 5.04. The summed E-state index contributed by atoms with van der Waals surface area (Å²) < 4.78 is 10.4. The third-order valence-electron chi connectivity index (χ3n) is 5.49. The molecule has 3 aromatic rings. The van der Waals surface area contributed by atoms with E-state index in [4.69, 9.17) is 9.47 Å². The van der Waals surface area contributed by atoms with E-state index in [1.165, 1.54) is 18.2 Å². The van der Waals surface area contributed by atoms with Crippen LogP contribution in [0.5, 0.6) is 5.75 Å². The lowest BCUT2D eigenvalue weighted by molar-refractivity contribution is 0.0596. The van der Waals surface area contributed by atoms with Crippen molar-refractivity contribution in [2.24, 2.45) is 0 Å². The summed E-state index contributed by atoms with van der Waals surface area (Å²) in [6.45, 7) is 0. The van der Waals surface area contributed by atoms with Gasteiger partial charge in [0.15, 0.2) is 0 Å². The number of carbonyl (C=O) groups excluding carboxylic acids is 1. The summed E-state index contributed by atoms with van der Waals surface area (Å²) in [5.41, 5.74) is 4.59. The summed E-state index contributed by atoms with van der Waals surface area (Å²) in [7, 11) is 2.96. The minimum atomic E-state index is -0.384. The second kappa shape index (κ2) is 7.35. The molecule has 3 nitrogen and oxygen atoms in total. The molecule has 0 unspecified atom stereocenters. The highest BCUT2D eigenvalue weighted by Crippen LogP contribution is 2.43. The summed E-state index contributed by atoms with van der Waals surface area (Å²) in [6.07, 6.45) is 4.99. The molecule has 0 saturated carbocycles. The van der Waals surface area contributed by atoms with Gasteiger partial charge in [-0.1, -0.05) is 78.9 Å². The first kappa shape index (κ1) is 18.1. The van der Waals surface area contributed by atoms with Gasteiger partial charge in [-0.25, -0.2) is 4.79 Å². The molecule has 0 saturated heterocycles. The van der Waals surface area contributed by atoms with E-state index in [1.807, 2.05) is 30.3 Å². The molecule has 3 heteroatoms. The molecule has 1 aliphatic carbocycles. The predicted molar refractivity (Wildman–Crippen MR) is 111 cm³/mol. The first-order valence-corrected chi connectivity index (χ1v) is 9.28. The second-order valence-corrected chi connectivity index (χ2v) is 6.92. The highest BCUT2D eigenvalue weighted by molar-refractivity contribution is 5.97. The summed E-state index contributed by atoms with van der Waals surface area (Å²) in [5, 5.41) is 0. The molecule has 140 valence electrons. The van der Waals surface area contributed by atoms with Gasteiger partial charge in [0.1, 0.15) is 11.3 Å². The Labute approximate surface area is 165 Å². The van der Waals surface area contributed by atoms with Gasteiger partial charge in [0.25, 0.3) is 0 Å². The van der Waals surface area contributed by atoms with Crippen molar-refractivity contribution in [3.63, 3.8) is 0 Å². The fourth-order valence-corrected chi connectivity index (χ4v) is 4.09. The van der Waals surface area contributed by atoms with Crippen LogP contribution >= 0.6 is 0 Å². The Hall–Kier alpha value is -3.33. The normalized spacial score (nSPS) is 14.2. The molecular weight excluding hydrogens is 348 g/mol. The lowest BCUT2D eigenvalue weighted by Crippen LogP contribution is -2.31. The SMILES string of the molecule is COC(=O)c1c(OC)ccc2c1C=CC(c1ccccc1)(c1ccccc1)C2. The first-order chi connectivity index (χ1) is 13.7. The molecule has 3 aromatic carbocycles. The molecule has 0 heterocycles. The zero-order chi connectivity index (χ0) is 19.6. The fourth-order valence-electron chi connectivity index (χ4n) is 4.09. The molecule has 0 aliphatic heterocycles. The van der Waals surface area contributed by atoms with Gasteiger partial charge in [-0.15, -0.1) is 0 Å². The molecule has 1 aliphatic rings. The maximum absolute atomic E-state index is 12.4. The van der Waals surface area contributed by atoms with Crippen LogP contribution in [-0.4, -0.2) is 20.2 Å². The van der Waals surface area contributed by atoms with E-state index in [-0.39, 0.29) is 11.4 Å². The number of methoxy groups -OCH3 is 2. The fraction of sp³-hybridized carbons (Fsp3) is 0.160. The first-order valence-electron chi connectivity index (χ1n) is 9.28. The molecule has 0 aromatic heterocycles. The number of hydrogen-bond donors (Lipinski definition) is 0. The van der Waals surface area contributed by atoms with Gasteiger partial charge in [0, 0.05) is 5.41 Å². The van der Waals surface area contributed by atoms with Crippen LogP contribution in [0.25, 0.3) is 6.08 Å². The molecule has 0 spiro atoms. The Morgan fingerprint density at radius 3 is 2.00 bits per heavy atom. The minimum Gasteiger partial charge on any atom is -0.496 e. The lowest BCUT2D eigenvalue weighted by Gasteiger charge is -2.36. The quantitative estimate of drug-likeness (QED) is 0.604. The van der Waals surface area contributed by atoms with Crippen LogP contribution in [0, 0.1) is 0 Å². The standard InChI is InChI=1S/C25H22O3/c1-27-22-14-13-18-17-25(19-9-5-3-6-10-19,20-11-7-4-8-12-20)16-15-21(18)23(22)24(26)28-2/h3-16H,17H2,1-2H3. The van der Waals surface area contributed by atoms with Crippen molar-refractivity contribution in [2.75, 3.05) is 14.2 Å². The molecule has 0 amide bonds. The number of ether oxygens (including phenoxy) is 2. The minimum absolute atomic E-state index is 0.294. The number of esters is 1. The Morgan fingerprint density at radius 2 is 1.46 bits per heavy atom. The Morgan fingerprint density at radius 1 is 0.857 bits per heavy atom. The van der Waals surface area contributed by atoms with Crippen LogP contribution in [0.3, 0.4) is 0 Å². The van der Waals surface area contributed by atoms with Crippen molar-refractivity contribution in [3.05, 3.63) is 107 Å². The number of benzene rings is 3. The highest BCUT2D eigenvalue weighted by Gasteiger charge is 2.36. The monoisotopic (exact) mass is 370 g/mol. The van der Waals surface area contributed by atoms with Gasteiger partial charge in [0.05, 0.1) is 14.2 Å². The van der Waals surface area contributed by atoms with Crippen molar-refractivity contribution in [3.8, 4) is 5.75 Å². The molecular formula is C25H22O3. The van der Waals surface area contributed by atoms with Crippen molar-refractivity contribution in [1.82, 2.24) is 0 Å². The van der Waals surface area contributed by atoms with Crippen molar-refractivity contribution < 1.29 is 14.3 Å². The van der Waals surface area contributed by atoms with Crippen LogP contribution in [0.15, 0.2) is 78.9 Å². The van der Waals surface area contributed by atoms with Crippen LogP contribution < -0.4 is 4.74 Å². The van der Waals surface area contributed by atoms with E-state index in [9.17, 15) is 4.79 Å². The smallest absolute Gasteiger partial charge is 0.342 e. The maximum Gasteiger partial charge on any atom is 0.342 e. The molecule has 0 bridgehead atoms. The molecule has 4 rings (SSSR count). The Bertz CT molecular complexity index is 981. The third kappa shape index (κ3) is 2.89. The topological polar surface area (TPSA) is 35.5 Å². The molecule has 0 N–H and O–H groups in total. The summed E-state index contributed by atoms with van der Waals surface area (Å²) in [4.78, 5) is 12.4. The molecule has 0 radical (unpaired) electrons. The number of fused-ring (bicyclic) bond motifs is 1. The Kier molecular flexibility index (Phi) is 4.74. The molecule has 0 atom stereocenters. The van der Waals surface area contributed by atoms with E-state index in [2.05, 4.69) is 54.6 Å². The number of hydrogen-bond acceptors (Lipinski definition) is 3. The number of carbonyl (C=O) groups is 1. The van der Waals surface area contributed by atoms with Gasteiger partial charge in [-0.2, -0.15) is 0 Å². The average Bonchev–Trinajstić information content (AvgIpc) is 2.78. The van der Waals surface area contributed by atoms with Gasteiger partial charge in [-0.3, -0.25) is 0 Å². The van der Waals surface area contributed by atoms with E-state index in [0.29, 0.717) is 11.3 Å². The van der Waals surface area contributed by atoms with E-state index in [0.717, 1.165) is 17.5 Å². The van der Waals surface area contributed by atoms with Gasteiger partial charge >= 0.3 is 5.97 Å². The number of rotatable bonds is 4. The summed E-state index contributed by atoms with van der Waals surface area (Å²) >= 11 is 0. The van der Waals surface area contributed by atoms with Crippen molar-refractivity contribution in [1.29, 1.82) is 0 Å². The van der Waals surface area contributed by atoms with Gasteiger partial charge in [0.2, 0.25) is 0 Å². The summed E-state index contributed by atoms with van der Waals surface area (Å²) in [6, 6.07) is 24.9. The van der Waals surface area contributed by atoms with Crippen LogP contribution in [-0.2, 0) is 16.6 Å². The van der Waals surface area contributed by atoms with Crippen LogP contribution in [0.1, 0.15) is 32.6 Å². The highest BCUT2D eigenvalue weighted by atomic mass is 16.5. The van der Waals surface area contributed by atoms with Crippen molar-refractivity contribution >= 4 is 12.0 Å². The van der Waals surface area contributed by atoms with Crippen molar-refractivity contribution in [2.45, 2.75) is 11.8 Å². The zero-order valence-corrected chi connectivity index (χ0v) is 16.0. The van der Waals surface area contributed by atoms with E-state index >= 15 is 0 Å². The van der Waals surface area contributed by atoms with Crippen LogP contribution in [0.4, 0.5) is 0 Å². The molecule has 28 heavy (non-hydrogen) atoms. The summed E-state index contributed by atoms with van der Waals surface area (Å²) in [5.74, 6) is 0.146. The lowest BCUT2D eigenvalue weighted by atomic mass is 9.67. The van der Waals surface area contributed by atoms with Gasteiger partial charge in [-0.05, 0) is 34.7 Å². The van der Waals surface area contributed by atoms with E-state index < -0.39 is 0 Å². The maximum atomic E-state index is 12.4. The van der Waals surface area contributed by atoms with Gasteiger partial charge < -0.3 is 9.47 Å². The second-order valence-electron chi connectivity index (χ2n) is 6.92. The van der Waals surface area contributed by atoms with Crippen LogP contribution in [0.2, 0.25) is 0 Å². The zero-order valence-electron chi connectivity index (χ0n) is 16.0. The largest absolute Gasteiger partial charge is 0.496 e. The average molecular weight is 370 g/mol. The van der Waals surface area contributed by atoms with E-state index in [1.54, 1.807) is 7.11 Å².